The number of ketones is 1. The monoisotopic (exact) mass is 441 g/mol. The van der Waals surface area contributed by atoms with E-state index in [1.807, 2.05) is 19.1 Å². The van der Waals surface area contributed by atoms with Crippen molar-refractivity contribution in [3.05, 3.63) is 52.8 Å². The second kappa shape index (κ2) is 9.44. The molecule has 9 heteroatoms. The van der Waals surface area contributed by atoms with Crippen LogP contribution in [0.15, 0.2) is 41.9 Å². The average molecular weight is 442 g/mol. The number of amides is 2. The zero-order valence-corrected chi connectivity index (χ0v) is 18.2. The Balaban J connectivity index is 1.39. The highest BCUT2D eigenvalue weighted by Gasteiger charge is 2.26. The van der Waals surface area contributed by atoms with Crippen LogP contribution in [0, 0.1) is 12.8 Å². The number of nitrogens with one attached hydrogen (secondary N) is 3. The van der Waals surface area contributed by atoms with Gasteiger partial charge in [0.2, 0.25) is 0 Å². The first-order valence-electron chi connectivity index (χ1n) is 9.88. The highest BCUT2D eigenvalue weighted by molar-refractivity contribution is 7.98. The second-order valence-electron chi connectivity index (χ2n) is 7.29. The Kier molecular flexibility index (Phi) is 6.49. The van der Waals surface area contributed by atoms with Crippen molar-refractivity contribution < 1.29 is 9.59 Å². The molecule has 0 radical (unpaired) electrons. The third-order valence-corrected chi connectivity index (χ3v) is 7.06. The molecule has 1 aliphatic rings. The summed E-state index contributed by atoms with van der Waals surface area (Å²) in [5, 5.41) is 6.95. The molecule has 0 unspecified atom stereocenters. The van der Waals surface area contributed by atoms with E-state index in [1.165, 1.54) is 11.3 Å². The molecule has 0 atom stereocenters. The van der Waals surface area contributed by atoms with Gasteiger partial charge in [-0.25, -0.2) is 14.8 Å². The molecular weight excluding hydrogens is 418 g/mol. The summed E-state index contributed by atoms with van der Waals surface area (Å²) in [5.41, 5.74) is 2.13. The first kappa shape index (κ1) is 20.6. The third-order valence-electron chi connectivity index (χ3n) is 5.01. The molecule has 1 fully saturated rings. The maximum absolute atomic E-state index is 12.9. The molecule has 4 rings (SSSR count). The topological polar surface area (TPSA) is 99.8 Å². The molecule has 2 heterocycles. The number of benzene rings is 1. The number of thioether (sulfide) groups is 1. The normalized spacial score (nSPS) is 14.0. The molecule has 0 saturated heterocycles. The van der Waals surface area contributed by atoms with E-state index in [0.717, 1.165) is 41.3 Å². The fourth-order valence-corrected chi connectivity index (χ4v) is 5.19. The molecule has 1 aromatic carbocycles. The van der Waals surface area contributed by atoms with Crippen LogP contribution in [0.25, 0.3) is 0 Å². The standard InChI is InChI=1S/C21H23N5O2S2/c1-13-6-7-17(16(10-13)18(27)14-4-2-3-5-14)25-19(28)26-21-24-11-15(30-21)12-29-20-22-8-9-23-20/h6-11,14H,2-5,12H2,1H3,(H,22,23)(H2,24,25,26,28). The molecule has 0 aliphatic heterocycles. The van der Waals surface area contributed by atoms with Gasteiger partial charge >= 0.3 is 6.03 Å². The van der Waals surface area contributed by atoms with Crippen LogP contribution in [0.4, 0.5) is 15.6 Å². The van der Waals surface area contributed by atoms with Gasteiger partial charge in [0, 0.05) is 40.7 Å². The smallest absolute Gasteiger partial charge is 0.325 e. The number of carbonyl (C=O) groups excluding carboxylic acids is 2. The van der Waals surface area contributed by atoms with Crippen molar-refractivity contribution in [2.75, 3.05) is 10.6 Å². The molecule has 7 nitrogen and oxygen atoms in total. The Morgan fingerprint density at radius 1 is 1.23 bits per heavy atom. The Morgan fingerprint density at radius 2 is 2.07 bits per heavy atom. The second-order valence-corrected chi connectivity index (χ2v) is 9.37. The lowest BCUT2D eigenvalue weighted by molar-refractivity contribution is 0.0923. The van der Waals surface area contributed by atoms with Gasteiger partial charge < -0.3 is 10.3 Å². The fourth-order valence-electron chi connectivity index (χ4n) is 3.53. The number of nitrogens with zero attached hydrogens (tertiary/aromatic N) is 2. The molecular formula is C21H23N5O2S2. The number of hydrogen-bond acceptors (Lipinski definition) is 6. The van der Waals surface area contributed by atoms with Gasteiger partial charge in [0.15, 0.2) is 16.1 Å². The fraction of sp³-hybridized carbons (Fsp3) is 0.333. The van der Waals surface area contributed by atoms with Gasteiger partial charge in [-0.15, -0.1) is 11.3 Å². The van der Waals surface area contributed by atoms with Crippen molar-refractivity contribution in [2.24, 2.45) is 5.92 Å². The number of rotatable bonds is 7. The van der Waals surface area contributed by atoms with Crippen LogP contribution in [0.5, 0.6) is 0 Å². The number of aromatic nitrogens is 3. The quantitative estimate of drug-likeness (QED) is 0.333. The number of urea groups is 1. The van der Waals surface area contributed by atoms with E-state index < -0.39 is 6.03 Å². The number of H-pyrrole nitrogens is 1. The summed E-state index contributed by atoms with van der Waals surface area (Å²) in [5.74, 6) is 0.897. The van der Waals surface area contributed by atoms with E-state index in [-0.39, 0.29) is 11.7 Å². The molecule has 1 saturated carbocycles. The predicted octanol–water partition coefficient (Wildman–Crippen LogP) is 5.48. The van der Waals surface area contributed by atoms with Crippen LogP contribution in [-0.2, 0) is 5.75 Å². The summed E-state index contributed by atoms with van der Waals surface area (Å²) < 4.78 is 0. The minimum absolute atomic E-state index is 0.0589. The Bertz CT molecular complexity index is 1030. The van der Waals surface area contributed by atoms with Crippen LogP contribution >= 0.6 is 23.1 Å². The van der Waals surface area contributed by atoms with Gasteiger partial charge in [-0.1, -0.05) is 36.2 Å². The van der Waals surface area contributed by atoms with Crippen LogP contribution in [-0.4, -0.2) is 26.8 Å². The summed E-state index contributed by atoms with van der Waals surface area (Å²) in [6.07, 6.45) is 9.28. The molecule has 2 aromatic heterocycles. The van der Waals surface area contributed by atoms with Crippen LogP contribution in [0.3, 0.4) is 0 Å². The van der Waals surface area contributed by atoms with Gasteiger partial charge in [0.1, 0.15) is 0 Å². The summed E-state index contributed by atoms with van der Waals surface area (Å²) in [6.45, 7) is 1.95. The summed E-state index contributed by atoms with van der Waals surface area (Å²) in [4.78, 5) is 38.0. The molecule has 3 aromatic rings. The molecule has 1 aliphatic carbocycles. The minimum Gasteiger partial charge on any atom is -0.340 e. The van der Waals surface area contributed by atoms with E-state index >= 15 is 0 Å². The van der Waals surface area contributed by atoms with Gasteiger partial charge in [0.05, 0.1) is 5.69 Å². The Morgan fingerprint density at radius 3 is 2.83 bits per heavy atom. The lowest BCUT2D eigenvalue weighted by atomic mass is 9.94. The molecule has 2 amide bonds. The van der Waals surface area contributed by atoms with Crippen molar-refractivity contribution in [2.45, 2.75) is 43.5 Å². The molecule has 30 heavy (non-hydrogen) atoms. The van der Waals surface area contributed by atoms with Gasteiger partial charge in [-0.3, -0.25) is 10.1 Å². The van der Waals surface area contributed by atoms with Crippen molar-refractivity contribution in [1.82, 2.24) is 15.0 Å². The number of Topliss-reactive ketones (excluding diaryl/α,β-unsaturated/α-hetero) is 1. The SMILES string of the molecule is Cc1ccc(NC(=O)Nc2ncc(CSc3ncc[nH]3)s2)c(C(=O)C2CCCC2)c1. The lowest BCUT2D eigenvalue weighted by Crippen LogP contribution is -2.22. The molecule has 0 bridgehead atoms. The highest BCUT2D eigenvalue weighted by atomic mass is 32.2. The predicted molar refractivity (Wildman–Crippen MR) is 120 cm³/mol. The number of aromatic amines is 1. The van der Waals surface area contributed by atoms with Gasteiger partial charge in [-0.05, 0) is 31.9 Å². The van der Waals surface area contributed by atoms with E-state index in [4.69, 9.17) is 0 Å². The van der Waals surface area contributed by atoms with Crippen molar-refractivity contribution in [3.63, 3.8) is 0 Å². The molecule has 156 valence electrons. The molecule has 3 N–H and O–H groups in total. The summed E-state index contributed by atoms with van der Waals surface area (Å²) in [7, 11) is 0. The average Bonchev–Trinajstić information content (AvgIpc) is 3.50. The number of aryl methyl sites for hydroxylation is 1. The van der Waals surface area contributed by atoms with Crippen molar-refractivity contribution in [1.29, 1.82) is 0 Å². The van der Waals surface area contributed by atoms with Crippen LogP contribution in [0.1, 0.15) is 46.5 Å². The van der Waals surface area contributed by atoms with Gasteiger partial charge in [0.25, 0.3) is 0 Å². The third kappa shape index (κ3) is 5.09. The van der Waals surface area contributed by atoms with E-state index in [1.54, 1.807) is 36.4 Å². The largest absolute Gasteiger partial charge is 0.340 e. The first-order valence-corrected chi connectivity index (χ1v) is 11.7. The van der Waals surface area contributed by atoms with Crippen molar-refractivity contribution >= 4 is 45.7 Å². The van der Waals surface area contributed by atoms with Crippen LogP contribution < -0.4 is 10.6 Å². The van der Waals surface area contributed by atoms with Crippen LogP contribution in [0.2, 0.25) is 0 Å². The molecule has 0 spiro atoms. The van der Waals surface area contributed by atoms with Crippen molar-refractivity contribution in [3.8, 4) is 0 Å². The van der Waals surface area contributed by atoms with Gasteiger partial charge in [-0.2, -0.15) is 0 Å². The van der Waals surface area contributed by atoms with E-state index in [9.17, 15) is 9.59 Å². The Labute approximate surface area is 183 Å². The number of imidazole rings is 1. The Hall–Kier alpha value is -2.65. The lowest BCUT2D eigenvalue weighted by Gasteiger charge is -2.14. The number of hydrogen-bond donors (Lipinski definition) is 3. The zero-order valence-electron chi connectivity index (χ0n) is 16.6. The number of thiazole rings is 1. The summed E-state index contributed by atoms with van der Waals surface area (Å²) in [6, 6.07) is 5.15. The minimum atomic E-state index is -0.404. The van der Waals surface area contributed by atoms with E-state index in [0.29, 0.717) is 22.1 Å². The zero-order chi connectivity index (χ0) is 20.9. The number of anilines is 2. The maximum Gasteiger partial charge on any atom is 0.325 e. The van der Waals surface area contributed by atoms with E-state index in [2.05, 4.69) is 25.6 Å². The summed E-state index contributed by atoms with van der Waals surface area (Å²) >= 11 is 2.99. The number of carbonyl (C=O) groups is 2. The highest BCUT2D eigenvalue weighted by Crippen LogP contribution is 2.31. The maximum atomic E-state index is 12.9. The first-order chi connectivity index (χ1) is 14.6.